The van der Waals surface area contributed by atoms with Gasteiger partial charge in [0.05, 0.1) is 0 Å². The largest absolute Gasteiger partial charge is 0.310 e. The lowest BCUT2D eigenvalue weighted by molar-refractivity contribution is 0.528. The molecule has 1 aromatic heterocycles. The van der Waals surface area contributed by atoms with Gasteiger partial charge in [0, 0.05) is 6.04 Å². The molecule has 1 N–H and O–H groups in total. The minimum Gasteiger partial charge on any atom is -0.310 e. The fourth-order valence-corrected chi connectivity index (χ4v) is 2.71. The molecule has 96 valence electrons. The zero-order valence-corrected chi connectivity index (χ0v) is 11.3. The summed E-state index contributed by atoms with van der Waals surface area (Å²) in [6.07, 6.45) is 1.93. The van der Waals surface area contributed by atoms with Crippen molar-refractivity contribution in [3.8, 4) is 0 Å². The molecule has 0 fully saturated rings. The summed E-state index contributed by atoms with van der Waals surface area (Å²) in [7, 11) is 0. The van der Waals surface area contributed by atoms with E-state index in [4.69, 9.17) is 0 Å². The van der Waals surface area contributed by atoms with Gasteiger partial charge >= 0.3 is 0 Å². The Labute approximate surface area is 112 Å². The van der Waals surface area contributed by atoms with Gasteiger partial charge in [-0.1, -0.05) is 19.1 Å². The summed E-state index contributed by atoms with van der Waals surface area (Å²) in [5, 5.41) is 7.77. The minimum absolute atomic E-state index is 0.160. The van der Waals surface area contributed by atoms with Crippen molar-refractivity contribution in [3.63, 3.8) is 0 Å². The highest BCUT2D eigenvalue weighted by molar-refractivity contribution is 7.07. The van der Waals surface area contributed by atoms with E-state index >= 15 is 0 Å². The highest BCUT2D eigenvalue weighted by Crippen LogP contribution is 2.21. The average molecular weight is 263 g/mol. The van der Waals surface area contributed by atoms with E-state index in [-0.39, 0.29) is 11.9 Å². The first-order valence-corrected chi connectivity index (χ1v) is 7.24. The molecule has 1 heterocycles. The molecular weight excluding hydrogens is 245 g/mol. The molecule has 1 atom stereocenters. The second-order valence-electron chi connectivity index (χ2n) is 4.40. The highest BCUT2D eigenvalue weighted by atomic mass is 32.1. The third kappa shape index (κ3) is 3.65. The molecule has 18 heavy (non-hydrogen) atoms. The lowest BCUT2D eigenvalue weighted by Gasteiger charge is -2.17. The van der Waals surface area contributed by atoms with Crippen LogP contribution in [0.5, 0.6) is 0 Å². The van der Waals surface area contributed by atoms with Crippen LogP contribution < -0.4 is 5.32 Å². The molecule has 0 radical (unpaired) electrons. The number of halogens is 1. The van der Waals surface area contributed by atoms with Gasteiger partial charge in [-0.15, -0.1) is 0 Å². The van der Waals surface area contributed by atoms with Crippen LogP contribution in [-0.2, 0) is 6.42 Å². The molecule has 0 saturated carbocycles. The Kier molecular flexibility index (Phi) is 4.90. The van der Waals surface area contributed by atoms with Crippen molar-refractivity contribution >= 4 is 11.3 Å². The Hall–Kier alpha value is -1.19. The summed E-state index contributed by atoms with van der Waals surface area (Å²) in [4.78, 5) is 0. The predicted octanol–water partition coefficient (Wildman–Crippen LogP) is 4.17. The van der Waals surface area contributed by atoms with Crippen molar-refractivity contribution < 1.29 is 4.39 Å². The van der Waals surface area contributed by atoms with Crippen LogP contribution >= 0.6 is 11.3 Å². The third-order valence-electron chi connectivity index (χ3n) is 2.92. The molecule has 0 aliphatic carbocycles. The van der Waals surface area contributed by atoms with E-state index in [1.54, 1.807) is 23.5 Å². The van der Waals surface area contributed by atoms with Crippen LogP contribution in [0.2, 0.25) is 0 Å². The SMILES string of the molecule is CCCNC(Cc1cccc(F)c1)c1ccsc1. The fourth-order valence-electron chi connectivity index (χ4n) is 2.00. The number of hydrogen-bond donors (Lipinski definition) is 1. The van der Waals surface area contributed by atoms with Crippen molar-refractivity contribution in [2.45, 2.75) is 25.8 Å². The Balaban J connectivity index is 2.10. The standard InChI is InChI=1S/C15H18FNS/c1-2-7-17-15(13-6-8-18-11-13)10-12-4-3-5-14(16)9-12/h3-6,8-9,11,15,17H,2,7,10H2,1H3. The summed E-state index contributed by atoms with van der Waals surface area (Å²) >= 11 is 1.70. The second kappa shape index (κ2) is 6.66. The summed E-state index contributed by atoms with van der Waals surface area (Å²) < 4.78 is 13.2. The second-order valence-corrected chi connectivity index (χ2v) is 5.18. The van der Waals surface area contributed by atoms with E-state index in [1.165, 1.54) is 11.6 Å². The zero-order chi connectivity index (χ0) is 12.8. The van der Waals surface area contributed by atoms with Crippen LogP contribution in [0.25, 0.3) is 0 Å². The molecule has 2 rings (SSSR count). The van der Waals surface area contributed by atoms with Crippen LogP contribution in [0.1, 0.15) is 30.5 Å². The minimum atomic E-state index is -0.160. The summed E-state index contributed by atoms with van der Waals surface area (Å²) in [6, 6.07) is 9.27. The Morgan fingerprint density at radius 3 is 2.89 bits per heavy atom. The van der Waals surface area contributed by atoms with E-state index in [9.17, 15) is 4.39 Å². The maximum absolute atomic E-state index is 13.2. The molecule has 0 aliphatic heterocycles. The number of hydrogen-bond acceptors (Lipinski definition) is 2. The topological polar surface area (TPSA) is 12.0 Å². The van der Waals surface area contributed by atoms with Crippen LogP contribution in [0, 0.1) is 5.82 Å². The molecule has 0 spiro atoms. The number of nitrogens with one attached hydrogen (secondary N) is 1. The Morgan fingerprint density at radius 1 is 1.33 bits per heavy atom. The van der Waals surface area contributed by atoms with Crippen molar-refractivity contribution in [1.29, 1.82) is 0 Å². The maximum Gasteiger partial charge on any atom is 0.123 e. The molecular formula is C15H18FNS. The molecule has 0 amide bonds. The molecule has 1 aromatic carbocycles. The first-order chi connectivity index (χ1) is 8.79. The molecule has 3 heteroatoms. The van der Waals surface area contributed by atoms with Gasteiger partial charge in [0.1, 0.15) is 5.82 Å². The van der Waals surface area contributed by atoms with Gasteiger partial charge in [0.2, 0.25) is 0 Å². The third-order valence-corrected chi connectivity index (χ3v) is 3.62. The number of rotatable bonds is 6. The van der Waals surface area contributed by atoms with Gasteiger partial charge < -0.3 is 5.32 Å². The van der Waals surface area contributed by atoms with E-state index in [1.807, 2.05) is 6.07 Å². The van der Waals surface area contributed by atoms with Crippen LogP contribution in [-0.4, -0.2) is 6.54 Å². The predicted molar refractivity (Wildman–Crippen MR) is 75.5 cm³/mol. The summed E-state index contributed by atoms with van der Waals surface area (Å²) in [5.41, 5.74) is 2.33. The highest BCUT2D eigenvalue weighted by Gasteiger charge is 2.12. The molecule has 0 bridgehead atoms. The smallest absolute Gasteiger partial charge is 0.123 e. The summed E-state index contributed by atoms with van der Waals surface area (Å²) in [5.74, 6) is -0.160. The van der Waals surface area contributed by atoms with Crippen LogP contribution in [0.3, 0.4) is 0 Å². The van der Waals surface area contributed by atoms with E-state index in [0.717, 1.165) is 24.9 Å². The maximum atomic E-state index is 13.2. The normalized spacial score (nSPS) is 12.6. The van der Waals surface area contributed by atoms with Gasteiger partial charge in [0.15, 0.2) is 0 Å². The molecule has 1 nitrogen and oxygen atoms in total. The first-order valence-electron chi connectivity index (χ1n) is 6.29. The zero-order valence-electron chi connectivity index (χ0n) is 10.5. The van der Waals surface area contributed by atoms with Gasteiger partial charge in [-0.25, -0.2) is 4.39 Å². The number of thiophene rings is 1. The monoisotopic (exact) mass is 263 g/mol. The molecule has 1 unspecified atom stereocenters. The quantitative estimate of drug-likeness (QED) is 0.824. The first kappa shape index (κ1) is 13.2. The molecule has 0 aliphatic rings. The molecule has 2 aromatic rings. The number of benzene rings is 1. The van der Waals surface area contributed by atoms with Gasteiger partial charge in [0.25, 0.3) is 0 Å². The Bertz CT molecular complexity index is 467. The van der Waals surface area contributed by atoms with Gasteiger partial charge in [-0.3, -0.25) is 0 Å². The Morgan fingerprint density at radius 2 is 2.22 bits per heavy atom. The van der Waals surface area contributed by atoms with Gasteiger partial charge in [-0.2, -0.15) is 11.3 Å². The van der Waals surface area contributed by atoms with Crippen LogP contribution in [0.4, 0.5) is 4.39 Å². The lowest BCUT2D eigenvalue weighted by Crippen LogP contribution is -2.23. The van der Waals surface area contributed by atoms with E-state index in [0.29, 0.717) is 0 Å². The van der Waals surface area contributed by atoms with Crippen LogP contribution in [0.15, 0.2) is 41.1 Å². The fraction of sp³-hybridized carbons (Fsp3) is 0.333. The molecule has 0 saturated heterocycles. The summed E-state index contributed by atoms with van der Waals surface area (Å²) in [6.45, 7) is 3.13. The van der Waals surface area contributed by atoms with E-state index < -0.39 is 0 Å². The van der Waals surface area contributed by atoms with Crippen molar-refractivity contribution in [3.05, 3.63) is 58.0 Å². The lowest BCUT2D eigenvalue weighted by atomic mass is 10.0. The van der Waals surface area contributed by atoms with Crippen molar-refractivity contribution in [2.24, 2.45) is 0 Å². The van der Waals surface area contributed by atoms with Crippen molar-refractivity contribution in [2.75, 3.05) is 6.54 Å². The van der Waals surface area contributed by atoms with Gasteiger partial charge in [-0.05, 0) is 59.5 Å². The average Bonchev–Trinajstić information content (AvgIpc) is 2.88. The van der Waals surface area contributed by atoms with Crippen molar-refractivity contribution in [1.82, 2.24) is 5.32 Å². The van der Waals surface area contributed by atoms with E-state index in [2.05, 4.69) is 29.1 Å².